The number of nitrogens with one attached hydrogen (secondary N) is 1. The highest BCUT2D eigenvalue weighted by Gasteiger charge is 2.15. The van der Waals surface area contributed by atoms with Crippen molar-refractivity contribution in [3.63, 3.8) is 0 Å². The Morgan fingerprint density at radius 1 is 1.06 bits per heavy atom. The van der Waals surface area contributed by atoms with Gasteiger partial charge in [-0.15, -0.1) is 0 Å². The van der Waals surface area contributed by atoms with Gasteiger partial charge in [-0.05, 0) is 36.4 Å². The molecule has 8 heteroatoms. The molecule has 0 aliphatic rings. The number of nitrogens with zero attached hydrogens (tertiary/aromatic N) is 2. The van der Waals surface area contributed by atoms with E-state index in [9.17, 15) is 14.0 Å². The highest BCUT2D eigenvalue weighted by atomic mass is 19.1. The third kappa shape index (κ3) is 3.69. The van der Waals surface area contributed by atoms with E-state index in [1.807, 2.05) is 12.1 Å². The zero-order valence-electron chi connectivity index (χ0n) is 16.6. The van der Waals surface area contributed by atoms with Crippen LogP contribution in [0.2, 0.25) is 0 Å². The lowest BCUT2D eigenvalue weighted by molar-refractivity contribution is -0.116. The van der Waals surface area contributed by atoms with Crippen molar-refractivity contribution in [1.82, 2.24) is 9.55 Å². The van der Waals surface area contributed by atoms with Crippen molar-refractivity contribution >= 4 is 33.7 Å². The Morgan fingerprint density at radius 3 is 2.75 bits per heavy atom. The number of benzene rings is 3. The number of carbonyl (C=O) groups excluding carboxylic acids is 1. The zero-order valence-corrected chi connectivity index (χ0v) is 16.6. The Hall–Kier alpha value is -4.46. The largest absolute Gasteiger partial charge is 0.455 e. The molecule has 5 aromatic rings. The van der Waals surface area contributed by atoms with E-state index >= 15 is 0 Å². The van der Waals surface area contributed by atoms with E-state index in [4.69, 9.17) is 9.15 Å². The summed E-state index contributed by atoms with van der Waals surface area (Å²) in [7, 11) is 0. The molecule has 2 aromatic heterocycles. The lowest BCUT2D eigenvalue weighted by Gasteiger charge is -2.12. The maximum Gasteiger partial charge on any atom is 0.297 e. The van der Waals surface area contributed by atoms with Crippen molar-refractivity contribution in [1.29, 1.82) is 0 Å². The molecule has 7 nitrogen and oxygen atoms in total. The van der Waals surface area contributed by atoms with Crippen molar-refractivity contribution in [2.75, 3.05) is 5.32 Å². The Bertz CT molecular complexity index is 1520. The first-order valence-electron chi connectivity index (χ1n) is 9.77. The number of amides is 1. The van der Waals surface area contributed by atoms with E-state index in [2.05, 4.69) is 10.3 Å². The summed E-state index contributed by atoms with van der Waals surface area (Å²) in [6.45, 7) is -0.271. The lowest BCUT2D eigenvalue weighted by atomic mass is 10.2. The van der Waals surface area contributed by atoms with Gasteiger partial charge in [-0.3, -0.25) is 14.2 Å². The van der Waals surface area contributed by atoms with Crippen molar-refractivity contribution < 1.29 is 18.3 Å². The van der Waals surface area contributed by atoms with Crippen LogP contribution in [0.25, 0.3) is 22.1 Å². The number of aromatic nitrogens is 2. The second-order valence-corrected chi connectivity index (χ2v) is 7.06. The summed E-state index contributed by atoms with van der Waals surface area (Å²) >= 11 is 0. The third-order valence-electron chi connectivity index (χ3n) is 4.85. The van der Waals surface area contributed by atoms with Crippen molar-refractivity contribution in [3.05, 3.63) is 95.3 Å². The molecule has 2 heterocycles. The molecule has 0 aliphatic carbocycles. The summed E-state index contributed by atoms with van der Waals surface area (Å²) in [5, 5.41) is 3.46. The van der Waals surface area contributed by atoms with Crippen molar-refractivity contribution in [2.24, 2.45) is 0 Å². The first-order chi connectivity index (χ1) is 15.6. The number of anilines is 1. The quantitative estimate of drug-likeness (QED) is 0.437. The predicted octanol–water partition coefficient (Wildman–Crippen LogP) is 4.71. The SMILES string of the molecule is O=C(Cn1cnc2c(oc3ccccc32)c1=O)Nc1ccccc1Oc1cccc(F)c1. The van der Waals surface area contributed by atoms with Crippen LogP contribution in [0, 0.1) is 5.82 Å². The molecular formula is C24H16FN3O4. The van der Waals surface area contributed by atoms with Crippen LogP contribution >= 0.6 is 0 Å². The highest BCUT2D eigenvalue weighted by molar-refractivity contribution is 6.01. The van der Waals surface area contributed by atoms with Crippen LogP contribution in [0.3, 0.4) is 0 Å². The topological polar surface area (TPSA) is 86.4 Å². The second kappa shape index (κ2) is 7.99. The number of hydrogen-bond donors (Lipinski definition) is 1. The monoisotopic (exact) mass is 429 g/mol. The average molecular weight is 429 g/mol. The van der Waals surface area contributed by atoms with Crippen LogP contribution in [0.5, 0.6) is 11.5 Å². The molecule has 1 amide bonds. The molecule has 1 N–H and O–H groups in total. The molecule has 0 saturated carbocycles. The van der Waals surface area contributed by atoms with Gasteiger partial charge in [-0.2, -0.15) is 0 Å². The number of furan rings is 1. The molecule has 0 saturated heterocycles. The van der Waals surface area contributed by atoms with Crippen LogP contribution in [-0.2, 0) is 11.3 Å². The van der Waals surface area contributed by atoms with Gasteiger partial charge < -0.3 is 14.5 Å². The van der Waals surface area contributed by atoms with Gasteiger partial charge in [0.05, 0.1) is 12.0 Å². The number of fused-ring (bicyclic) bond motifs is 3. The normalized spacial score (nSPS) is 11.0. The van der Waals surface area contributed by atoms with Crippen molar-refractivity contribution in [3.8, 4) is 11.5 Å². The predicted molar refractivity (Wildman–Crippen MR) is 117 cm³/mol. The summed E-state index contributed by atoms with van der Waals surface area (Å²) < 4.78 is 26.0. The molecule has 3 aromatic carbocycles. The smallest absolute Gasteiger partial charge is 0.297 e. The number of carbonyl (C=O) groups is 1. The van der Waals surface area contributed by atoms with E-state index in [1.165, 1.54) is 29.1 Å². The Balaban J connectivity index is 1.38. The van der Waals surface area contributed by atoms with Crippen LogP contribution in [0.1, 0.15) is 0 Å². The van der Waals surface area contributed by atoms with E-state index in [1.54, 1.807) is 42.5 Å². The molecule has 0 unspecified atom stereocenters. The number of ether oxygens (including phenoxy) is 1. The first-order valence-corrected chi connectivity index (χ1v) is 9.77. The molecule has 158 valence electrons. The minimum atomic E-state index is -0.459. The summed E-state index contributed by atoms with van der Waals surface area (Å²) in [5.74, 6) is -0.261. The van der Waals surface area contributed by atoms with Gasteiger partial charge in [0.25, 0.3) is 5.56 Å². The Kier molecular flexibility index (Phi) is 4.87. The van der Waals surface area contributed by atoms with E-state index in [0.717, 1.165) is 5.39 Å². The maximum absolute atomic E-state index is 13.4. The third-order valence-corrected chi connectivity index (χ3v) is 4.85. The van der Waals surface area contributed by atoms with Gasteiger partial charge in [0.2, 0.25) is 11.5 Å². The van der Waals surface area contributed by atoms with E-state index in [-0.39, 0.29) is 12.1 Å². The summed E-state index contributed by atoms with van der Waals surface area (Å²) in [6, 6.07) is 19.7. The molecule has 0 radical (unpaired) electrons. The number of hydrogen-bond acceptors (Lipinski definition) is 5. The second-order valence-electron chi connectivity index (χ2n) is 7.06. The number of halogens is 1. The van der Waals surface area contributed by atoms with Crippen molar-refractivity contribution in [2.45, 2.75) is 6.54 Å². The van der Waals surface area contributed by atoms with Crippen LogP contribution in [0.4, 0.5) is 10.1 Å². The molecule has 0 fully saturated rings. The number of para-hydroxylation sites is 3. The Labute approximate surface area is 180 Å². The molecule has 32 heavy (non-hydrogen) atoms. The van der Waals surface area contributed by atoms with Crippen LogP contribution in [0.15, 0.2) is 88.3 Å². The molecule has 0 spiro atoms. The highest BCUT2D eigenvalue weighted by Crippen LogP contribution is 2.29. The van der Waals surface area contributed by atoms with Gasteiger partial charge in [0.1, 0.15) is 29.2 Å². The number of rotatable bonds is 5. The molecule has 0 bridgehead atoms. The fourth-order valence-corrected chi connectivity index (χ4v) is 3.39. The summed E-state index contributed by atoms with van der Waals surface area (Å²) in [5.41, 5.74) is 1.03. The summed E-state index contributed by atoms with van der Waals surface area (Å²) in [4.78, 5) is 29.8. The first kappa shape index (κ1) is 19.5. The zero-order chi connectivity index (χ0) is 22.1. The Morgan fingerprint density at radius 2 is 1.88 bits per heavy atom. The van der Waals surface area contributed by atoms with E-state index in [0.29, 0.717) is 28.3 Å². The van der Waals surface area contributed by atoms with Gasteiger partial charge in [0.15, 0.2) is 5.75 Å². The van der Waals surface area contributed by atoms with Crippen LogP contribution in [-0.4, -0.2) is 15.5 Å². The molecule has 0 aliphatic heterocycles. The van der Waals surface area contributed by atoms with Gasteiger partial charge in [-0.1, -0.05) is 30.3 Å². The summed E-state index contributed by atoms with van der Waals surface area (Å²) in [6.07, 6.45) is 1.32. The van der Waals surface area contributed by atoms with Gasteiger partial charge in [0, 0.05) is 11.5 Å². The average Bonchev–Trinajstić information content (AvgIpc) is 3.17. The molecule has 5 rings (SSSR count). The van der Waals surface area contributed by atoms with Crippen LogP contribution < -0.4 is 15.6 Å². The van der Waals surface area contributed by atoms with E-state index < -0.39 is 17.3 Å². The minimum Gasteiger partial charge on any atom is -0.455 e. The van der Waals surface area contributed by atoms with Gasteiger partial charge >= 0.3 is 0 Å². The maximum atomic E-state index is 13.4. The van der Waals surface area contributed by atoms with Gasteiger partial charge in [-0.25, -0.2) is 9.37 Å². The molecule has 0 atom stereocenters. The molecular weight excluding hydrogens is 413 g/mol. The fraction of sp³-hybridized carbons (Fsp3) is 0.0417. The lowest BCUT2D eigenvalue weighted by Crippen LogP contribution is -2.27. The standard InChI is InChI=1S/C24H16FN3O4/c25-15-6-5-7-16(12-15)31-20-11-4-2-9-18(20)27-21(29)13-28-14-26-22-17-8-1-3-10-19(17)32-23(22)24(28)30/h1-12,14H,13H2,(H,27,29). The minimum absolute atomic E-state index is 0.0938. The fourth-order valence-electron chi connectivity index (χ4n) is 3.39.